The number of methoxy groups -OCH3 is 2. The minimum absolute atomic E-state index is 0.383. The standard InChI is InChI=1S/C27H25ClN2O5/c1-33-25-10-6-9-20(27(25)34-2)23-16-22(29-30(23)14-13-18-7-4-3-5-8-18)21-15-19(28)11-12-24(21)35-17-26(31)32/h3-12,15-16H,13-14,17H2,1-2H3,(H,31,32). The summed E-state index contributed by atoms with van der Waals surface area (Å²) < 4.78 is 18.6. The molecule has 0 atom stereocenters. The van der Waals surface area contributed by atoms with Gasteiger partial charge in [0.25, 0.3) is 0 Å². The van der Waals surface area contributed by atoms with Gasteiger partial charge in [-0.2, -0.15) is 5.10 Å². The Kier molecular flexibility index (Phi) is 7.57. The lowest BCUT2D eigenvalue weighted by atomic mass is 10.1. The molecule has 0 spiro atoms. The predicted molar refractivity (Wildman–Crippen MR) is 134 cm³/mol. The van der Waals surface area contributed by atoms with Crippen LogP contribution in [0.4, 0.5) is 0 Å². The number of nitrogens with zero attached hydrogens (tertiary/aromatic N) is 2. The average molecular weight is 493 g/mol. The molecule has 1 heterocycles. The van der Waals surface area contributed by atoms with Crippen molar-refractivity contribution in [2.24, 2.45) is 0 Å². The maximum absolute atomic E-state index is 11.1. The van der Waals surface area contributed by atoms with E-state index >= 15 is 0 Å². The summed E-state index contributed by atoms with van der Waals surface area (Å²) in [4.78, 5) is 11.1. The van der Waals surface area contributed by atoms with Crippen LogP contribution >= 0.6 is 11.6 Å². The number of halogens is 1. The number of carboxylic acids is 1. The van der Waals surface area contributed by atoms with E-state index in [0.717, 1.165) is 17.7 Å². The maximum atomic E-state index is 11.1. The molecule has 1 aromatic heterocycles. The summed E-state index contributed by atoms with van der Waals surface area (Å²) in [5, 5.41) is 14.4. The van der Waals surface area contributed by atoms with Gasteiger partial charge in [-0.25, -0.2) is 4.79 Å². The molecular formula is C27H25ClN2O5. The monoisotopic (exact) mass is 492 g/mol. The number of benzene rings is 3. The first-order chi connectivity index (χ1) is 17.0. The predicted octanol–water partition coefficient (Wildman–Crippen LogP) is 5.59. The Morgan fingerprint density at radius 2 is 1.74 bits per heavy atom. The Labute approximate surface area is 208 Å². The molecule has 0 aliphatic rings. The van der Waals surface area contributed by atoms with Crippen LogP contribution in [-0.2, 0) is 17.8 Å². The molecule has 0 fully saturated rings. The van der Waals surface area contributed by atoms with E-state index in [1.165, 1.54) is 5.56 Å². The van der Waals surface area contributed by atoms with Crippen LogP contribution in [0.3, 0.4) is 0 Å². The van der Waals surface area contributed by atoms with Crippen molar-refractivity contribution >= 4 is 17.6 Å². The maximum Gasteiger partial charge on any atom is 0.341 e. The Morgan fingerprint density at radius 1 is 0.943 bits per heavy atom. The zero-order chi connectivity index (χ0) is 24.8. The minimum atomic E-state index is -1.07. The average Bonchev–Trinajstić information content (AvgIpc) is 3.30. The SMILES string of the molecule is COc1cccc(-c2cc(-c3cc(Cl)ccc3OCC(=O)O)nn2CCc2ccccc2)c1OC. The molecule has 1 N–H and O–H groups in total. The molecule has 0 amide bonds. The van der Waals surface area contributed by atoms with Gasteiger partial charge in [0, 0.05) is 22.7 Å². The van der Waals surface area contributed by atoms with E-state index in [9.17, 15) is 4.79 Å². The fourth-order valence-corrected chi connectivity index (χ4v) is 4.04. The lowest BCUT2D eigenvalue weighted by Crippen LogP contribution is -2.10. The highest BCUT2D eigenvalue weighted by atomic mass is 35.5. The highest BCUT2D eigenvalue weighted by Gasteiger charge is 2.20. The minimum Gasteiger partial charge on any atom is -0.493 e. The van der Waals surface area contributed by atoms with Gasteiger partial charge < -0.3 is 19.3 Å². The molecule has 0 saturated heterocycles. The third-order valence-corrected chi connectivity index (χ3v) is 5.72. The lowest BCUT2D eigenvalue weighted by Gasteiger charge is -2.14. The molecule has 4 aromatic rings. The van der Waals surface area contributed by atoms with Gasteiger partial charge in [-0.1, -0.05) is 48.0 Å². The molecule has 0 unspecified atom stereocenters. The van der Waals surface area contributed by atoms with E-state index in [1.54, 1.807) is 32.4 Å². The summed E-state index contributed by atoms with van der Waals surface area (Å²) in [7, 11) is 3.19. The molecule has 4 rings (SSSR count). The Bertz CT molecular complexity index is 1320. The Hall–Kier alpha value is -3.97. The van der Waals surface area contributed by atoms with E-state index < -0.39 is 12.6 Å². The van der Waals surface area contributed by atoms with Crippen LogP contribution in [0.25, 0.3) is 22.5 Å². The van der Waals surface area contributed by atoms with Crippen LogP contribution in [0.5, 0.6) is 17.2 Å². The van der Waals surface area contributed by atoms with Gasteiger partial charge in [-0.15, -0.1) is 0 Å². The second-order valence-electron chi connectivity index (χ2n) is 7.74. The summed E-state index contributed by atoms with van der Waals surface area (Å²) in [6.45, 7) is 0.130. The second kappa shape index (κ2) is 11.0. The number of aryl methyl sites for hydroxylation is 2. The van der Waals surface area contributed by atoms with Crippen molar-refractivity contribution in [1.29, 1.82) is 0 Å². The summed E-state index contributed by atoms with van der Waals surface area (Å²) in [5.41, 5.74) is 4.01. The molecule has 7 nitrogen and oxygen atoms in total. The Balaban J connectivity index is 1.82. The van der Waals surface area contributed by atoms with Crippen LogP contribution in [0.2, 0.25) is 5.02 Å². The molecule has 0 saturated carbocycles. The molecule has 8 heteroatoms. The van der Waals surface area contributed by atoms with Crippen LogP contribution < -0.4 is 14.2 Å². The number of hydrogen-bond acceptors (Lipinski definition) is 5. The van der Waals surface area contributed by atoms with E-state index in [-0.39, 0.29) is 0 Å². The van der Waals surface area contributed by atoms with E-state index in [4.69, 9.17) is 36.0 Å². The molecular weight excluding hydrogens is 468 g/mol. The van der Waals surface area contributed by atoms with Gasteiger partial charge in [0.2, 0.25) is 0 Å². The molecule has 35 heavy (non-hydrogen) atoms. The van der Waals surface area contributed by atoms with Gasteiger partial charge in [0.15, 0.2) is 18.1 Å². The van der Waals surface area contributed by atoms with Crippen LogP contribution in [-0.4, -0.2) is 41.7 Å². The number of carboxylic acid groups (broad SMARTS) is 1. The van der Waals surface area contributed by atoms with Crippen molar-refractivity contribution < 1.29 is 24.1 Å². The van der Waals surface area contributed by atoms with Crippen molar-refractivity contribution in [1.82, 2.24) is 9.78 Å². The molecule has 0 aliphatic heterocycles. The van der Waals surface area contributed by atoms with E-state index in [2.05, 4.69) is 12.1 Å². The Morgan fingerprint density at radius 3 is 2.46 bits per heavy atom. The molecule has 0 bridgehead atoms. The van der Waals surface area contributed by atoms with Gasteiger partial charge in [0.05, 0.1) is 25.6 Å². The smallest absolute Gasteiger partial charge is 0.341 e. The van der Waals surface area contributed by atoms with E-state index in [0.29, 0.717) is 40.1 Å². The summed E-state index contributed by atoms with van der Waals surface area (Å²) in [6.07, 6.45) is 0.763. The van der Waals surface area contributed by atoms with Gasteiger partial charge in [-0.05, 0) is 48.4 Å². The zero-order valence-electron chi connectivity index (χ0n) is 19.4. The van der Waals surface area contributed by atoms with Crippen molar-refractivity contribution in [3.8, 4) is 39.8 Å². The highest BCUT2D eigenvalue weighted by Crippen LogP contribution is 2.40. The van der Waals surface area contributed by atoms with Crippen LogP contribution in [0.1, 0.15) is 5.56 Å². The number of ether oxygens (including phenoxy) is 3. The first-order valence-electron chi connectivity index (χ1n) is 11.0. The third kappa shape index (κ3) is 5.58. The van der Waals surface area contributed by atoms with Gasteiger partial charge in [-0.3, -0.25) is 4.68 Å². The largest absolute Gasteiger partial charge is 0.493 e. The second-order valence-corrected chi connectivity index (χ2v) is 8.17. The normalized spacial score (nSPS) is 10.7. The molecule has 3 aromatic carbocycles. The highest BCUT2D eigenvalue weighted by molar-refractivity contribution is 6.31. The van der Waals surface area contributed by atoms with Crippen molar-refractivity contribution in [3.05, 3.63) is 83.4 Å². The fraction of sp³-hybridized carbons (Fsp3) is 0.185. The topological polar surface area (TPSA) is 82.8 Å². The molecule has 0 radical (unpaired) electrons. The van der Waals surface area contributed by atoms with Gasteiger partial charge in [0.1, 0.15) is 5.75 Å². The zero-order valence-corrected chi connectivity index (χ0v) is 20.2. The molecule has 0 aliphatic carbocycles. The quantitative estimate of drug-likeness (QED) is 0.310. The first kappa shape index (κ1) is 24.2. The summed E-state index contributed by atoms with van der Waals surface area (Å²) in [5.74, 6) is 0.515. The first-order valence-corrected chi connectivity index (χ1v) is 11.4. The number of carbonyl (C=O) groups is 1. The summed E-state index contributed by atoms with van der Waals surface area (Å²) >= 11 is 6.28. The number of aromatic nitrogens is 2. The fourth-order valence-electron chi connectivity index (χ4n) is 3.87. The van der Waals surface area contributed by atoms with Crippen molar-refractivity contribution in [3.63, 3.8) is 0 Å². The number of rotatable bonds is 10. The number of para-hydroxylation sites is 1. The van der Waals surface area contributed by atoms with Crippen LogP contribution in [0, 0.1) is 0 Å². The van der Waals surface area contributed by atoms with Gasteiger partial charge >= 0.3 is 5.97 Å². The van der Waals surface area contributed by atoms with Crippen LogP contribution in [0.15, 0.2) is 72.8 Å². The molecule has 180 valence electrons. The van der Waals surface area contributed by atoms with Crippen molar-refractivity contribution in [2.45, 2.75) is 13.0 Å². The number of hydrogen-bond donors (Lipinski definition) is 1. The summed E-state index contributed by atoms with van der Waals surface area (Å²) in [6, 6.07) is 22.8. The van der Waals surface area contributed by atoms with Crippen molar-refractivity contribution in [2.75, 3.05) is 20.8 Å². The third-order valence-electron chi connectivity index (χ3n) is 5.48. The lowest BCUT2D eigenvalue weighted by molar-refractivity contribution is -0.139. The van der Waals surface area contributed by atoms with E-state index in [1.807, 2.05) is 47.1 Å². The number of aliphatic carboxylic acids is 1.